The lowest BCUT2D eigenvalue weighted by Gasteiger charge is -2.15. The lowest BCUT2D eigenvalue weighted by atomic mass is 10.0. The third-order valence-corrected chi connectivity index (χ3v) is 4.17. The van der Waals surface area contributed by atoms with Gasteiger partial charge in [-0.1, -0.05) is 35.9 Å². The van der Waals surface area contributed by atoms with Gasteiger partial charge in [-0.25, -0.2) is 9.37 Å². The van der Waals surface area contributed by atoms with Crippen LogP contribution in [0.5, 0.6) is 0 Å². The van der Waals surface area contributed by atoms with Crippen molar-refractivity contribution in [1.29, 1.82) is 0 Å². The van der Waals surface area contributed by atoms with E-state index in [4.69, 9.17) is 17.3 Å². The summed E-state index contributed by atoms with van der Waals surface area (Å²) in [7, 11) is 0. The van der Waals surface area contributed by atoms with E-state index in [1.807, 2.05) is 30.3 Å². The van der Waals surface area contributed by atoms with Crippen LogP contribution in [-0.4, -0.2) is 4.98 Å². The van der Waals surface area contributed by atoms with Gasteiger partial charge in [0.05, 0.1) is 17.3 Å². The molecule has 106 valence electrons. The highest BCUT2D eigenvalue weighted by Crippen LogP contribution is 2.30. The number of rotatable bonds is 2. The summed E-state index contributed by atoms with van der Waals surface area (Å²) in [6.45, 7) is 0. The van der Waals surface area contributed by atoms with E-state index in [1.54, 1.807) is 12.1 Å². The number of pyridine rings is 1. The van der Waals surface area contributed by atoms with Crippen LogP contribution in [0.1, 0.15) is 17.3 Å². The van der Waals surface area contributed by atoms with Gasteiger partial charge in [0.25, 0.3) is 0 Å². The number of aromatic nitrogens is 1. The van der Waals surface area contributed by atoms with Gasteiger partial charge in [-0.05, 0) is 40.2 Å². The molecule has 0 radical (unpaired) electrons. The Labute approximate surface area is 134 Å². The number of fused-ring (bicyclic) bond motifs is 1. The zero-order valence-electron chi connectivity index (χ0n) is 10.9. The number of nitrogens with zero attached hydrogens (tertiary/aromatic N) is 1. The van der Waals surface area contributed by atoms with Gasteiger partial charge in [-0.3, -0.25) is 0 Å². The van der Waals surface area contributed by atoms with Gasteiger partial charge < -0.3 is 5.73 Å². The SMILES string of the molecule is NC(c1ccc(Cl)cc1F)c1nc2ccccc2cc1Br. The topological polar surface area (TPSA) is 38.9 Å². The summed E-state index contributed by atoms with van der Waals surface area (Å²) in [6.07, 6.45) is 0. The minimum atomic E-state index is -0.666. The van der Waals surface area contributed by atoms with E-state index < -0.39 is 11.9 Å². The Hall–Kier alpha value is -1.49. The van der Waals surface area contributed by atoms with E-state index in [2.05, 4.69) is 20.9 Å². The molecule has 0 saturated carbocycles. The Morgan fingerprint density at radius 3 is 2.67 bits per heavy atom. The normalized spacial score (nSPS) is 12.6. The Bertz CT molecular complexity index is 822. The van der Waals surface area contributed by atoms with Crippen molar-refractivity contribution in [1.82, 2.24) is 4.98 Å². The average molecular weight is 366 g/mol. The first-order valence-electron chi connectivity index (χ1n) is 6.32. The van der Waals surface area contributed by atoms with E-state index in [1.165, 1.54) is 6.07 Å². The maximum Gasteiger partial charge on any atom is 0.129 e. The molecule has 2 N–H and O–H groups in total. The van der Waals surface area contributed by atoms with Crippen molar-refractivity contribution in [3.8, 4) is 0 Å². The fraction of sp³-hybridized carbons (Fsp3) is 0.0625. The summed E-state index contributed by atoms with van der Waals surface area (Å²) in [4.78, 5) is 4.54. The van der Waals surface area contributed by atoms with Crippen LogP contribution in [0.15, 0.2) is 53.0 Å². The zero-order chi connectivity index (χ0) is 15.0. The molecule has 0 bridgehead atoms. The Kier molecular flexibility index (Phi) is 3.93. The standard InChI is InChI=1S/C16H11BrClFN2/c17-12-7-9-3-1-2-4-14(9)21-16(12)15(20)11-6-5-10(18)8-13(11)19/h1-8,15H,20H2. The maximum atomic E-state index is 14.0. The monoisotopic (exact) mass is 364 g/mol. The van der Waals surface area contributed by atoms with E-state index in [0.29, 0.717) is 16.3 Å². The van der Waals surface area contributed by atoms with Crippen molar-refractivity contribution in [2.24, 2.45) is 5.73 Å². The van der Waals surface area contributed by atoms with E-state index in [0.717, 1.165) is 15.4 Å². The average Bonchev–Trinajstić information content (AvgIpc) is 2.46. The predicted molar refractivity (Wildman–Crippen MR) is 86.9 cm³/mol. The molecule has 0 spiro atoms. The zero-order valence-corrected chi connectivity index (χ0v) is 13.2. The second kappa shape index (κ2) is 5.72. The molecule has 0 fully saturated rings. The van der Waals surface area contributed by atoms with E-state index >= 15 is 0 Å². The first kappa shape index (κ1) is 14.4. The molecule has 0 aliphatic carbocycles. The molecular weight excluding hydrogens is 355 g/mol. The van der Waals surface area contributed by atoms with Crippen LogP contribution in [0.2, 0.25) is 5.02 Å². The van der Waals surface area contributed by atoms with Gasteiger partial charge in [0, 0.05) is 20.4 Å². The maximum absolute atomic E-state index is 14.0. The van der Waals surface area contributed by atoms with Crippen molar-refractivity contribution < 1.29 is 4.39 Å². The van der Waals surface area contributed by atoms with Crippen molar-refractivity contribution in [3.63, 3.8) is 0 Å². The lowest BCUT2D eigenvalue weighted by Crippen LogP contribution is -2.16. The van der Waals surface area contributed by atoms with Crippen molar-refractivity contribution in [2.75, 3.05) is 0 Å². The van der Waals surface area contributed by atoms with Crippen LogP contribution in [0.25, 0.3) is 10.9 Å². The van der Waals surface area contributed by atoms with E-state index in [9.17, 15) is 4.39 Å². The van der Waals surface area contributed by atoms with Gasteiger partial charge >= 0.3 is 0 Å². The summed E-state index contributed by atoms with van der Waals surface area (Å²) < 4.78 is 14.8. The molecule has 2 nitrogen and oxygen atoms in total. The third kappa shape index (κ3) is 2.79. The molecule has 1 heterocycles. The van der Waals surface area contributed by atoms with Gasteiger partial charge in [0.1, 0.15) is 5.82 Å². The highest BCUT2D eigenvalue weighted by Gasteiger charge is 2.18. The van der Waals surface area contributed by atoms with Crippen LogP contribution in [0.3, 0.4) is 0 Å². The molecule has 0 aliphatic rings. The molecule has 2 aromatic carbocycles. The molecule has 21 heavy (non-hydrogen) atoms. The van der Waals surface area contributed by atoms with Crippen LogP contribution in [0.4, 0.5) is 4.39 Å². The molecule has 0 saturated heterocycles. The molecule has 3 rings (SSSR count). The summed E-state index contributed by atoms with van der Waals surface area (Å²) in [5.74, 6) is -0.433. The van der Waals surface area contributed by atoms with Gasteiger partial charge in [0.15, 0.2) is 0 Å². The van der Waals surface area contributed by atoms with Crippen molar-refractivity contribution >= 4 is 38.4 Å². The first-order valence-corrected chi connectivity index (χ1v) is 7.49. The molecule has 3 aromatic rings. The predicted octanol–water partition coefficient (Wildman–Crippen LogP) is 4.84. The number of hydrogen-bond donors (Lipinski definition) is 1. The Morgan fingerprint density at radius 1 is 1.14 bits per heavy atom. The second-order valence-corrected chi connectivity index (χ2v) is 5.98. The Balaban J connectivity index is 2.12. The fourth-order valence-corrected chi connectivity index (χ4v) is 2.96. The molecule has 5 heteroatoms. The van der Waals surface area contributed by atoms with E-state index in [-0.39, 0.29) is 0 Å². The van der Waals surface area contributed by atoms with Crippen molar-refractivity contribution in [2.45, 2.75) is 6.04 Å². The summed E-state index contributed by atoms with van der Waals surface area (Å²) in [5.41, 5.74) is 7.96. The molecule has 0 amide bonds. The van der Waals surface area contributed by atoms with Crippen molar-refractivity contribution in [3.05, 3.63) is 75.1 Å². The minimum absolute atomic E-state index is 0.342. The fourth-order valence-electron chi connectivity index (χ4n) is 2.22. The van der Waals surface area contributed by atoms with Crippen LogP contribution in [-0.2, 0) is 0 Å². The molecule has 1 atom stereocenters. The minimum Gasteiger partial charge on any atom is -0.319 e. The quantitative estimate of drug-likeness (QED) is 0.706. The molecule has 0 aliphatic heterocycles. The summed E-state index contributed by atoms with van der Waals surface area (Å²) in [6, 6.07) is 13.4. The molecule has 1 aromatic heterocycles. The number of benzene rings is 2. The van der Waals surface area contributed by atoms with Gasteiger partial charge in [-0.15, -0.1) is 0 Å². The molecule has 1 unspecified atom stereocenters. The number of nitrogens with two attached hydrogens (primary N) is 1. The third-order valence-electron chi connectivity index (χ3n) is 3.30. The first-order chi connectivity index (χ1) is 10.1. The summed E-state index contributed by atoms with van der Waals surface area (Å²) >= 11 is 9.23. The van der Waals surface area contributed by atoms with Crippen LogP contribution >= 0.6 is 27.5 Å². The second-order valence-electron chi connectivity index (χ2n) is 4.69. The Morgan fingerprint density at radius 2 is 1.90 bits per heavy atom. The molecular formula is C16H11BrClFN2. The van der Waals surface area contributed by atoms with Crippen LogP contribution in [0, 0.1) is 5.82 Å². The largest absolute Gasteiger partial charge is 0.319 e. The number of halogens is 3. The van der Waals surface area contributed by atoms with Crippen LogP contribution < -0.4 is 5.73 Å². The smallest absolute Gasteiger partial charge is 0.129 e. The van der Waals surface area contributed by atoms with Gasteiger partial charge in [-0.2, -0.15) is 0 Å². The van der Waals surface area contributed by atoms with Gasteiger partial charge in [0.2, 0.25) is 0 Å². The highest BCUT2D eigenvalue weighted by atomic mass is 79.9. The summed E-state index contributed by atoms with van der Waals surface area (Å²) in [5, 5.41) is 1.34. The number of hydrogen-bond acceptors (Lipinski definition) is 2. The highest BCUT2D eigenvalue weighted by molar-refractivity contribution is 9.10. The lowest BCUT2D eigenvalue weighted by molar-refractivity contribution is 0.597. The number of para-hydroxylation sites is 1.